The molecule has 1 aromatic carbocycles. The van der Waals surface area contributed by atoms with Gasteiger partial charge in [0.1, 0.15) is 0 Å². The van der Waals surface area contributed by atoms with Crippen molar-refractivity contribution in [2.24, 2.45) is 0 Å². The van der Waals surface area contributed by atoms with Gasteiger partial charge in [0.2, 0.25) is 5.91 Å². The van der Waals surface area contributed by atoms with Crippen LogP contribution in [0.4, 0.5) is 0 Å². The van der Waals surface area contributed by atoms with Crippen LogP contribution in [0.15, 0.2) is 24.3 Å². The third-order valence-corrected chi connectivity index (χ3v) is 7.05. The maximum absolute atomic E-state index is 13.1. The number of rotatable bonds is 2. The van der Waals surface area contributed by atoms with Crippen molar-refractivity contribution in [1.82, 2.24) is 14.7 Å². The highest BCUT2D eigenvalue weighted by molar-refractivity contribution is 7.99. The van der Waals surface area contributed by atoms with Crippen molar-refractivity contribution in [2.75, 3.05) is 44.7 Å². The Kier molecular flexibility index (Phi) is 5.34. The van der Waals surface area contributed by atoms with E-state index in [0.717, 1.165) is 38.9 Å². The number of thioether (sulfide) groups is 1. The zero-order valence-electron chi connectivity index (χ0n) is 15.2. The lowest BCUT2D eigenvalue weighted by Gasteiger charge is -2.42. The summed E-state index contributed by atoms with van der Waals surface area (Å²) in [4.78, 5) is 20.1. The first-order valence-corrected chi connectivity index (χ1v) is 10.8. The molecule has 0 spiro atoms. The fraction of sp³-hybridized carbons (Fsp3) is 0.650. The third-order valence-electron chi connectivity index (χ3n) is 6.11. The minimum atomic E-state index is 0.0119. The van der Waals surface area contributed by atoms with Gasteiger partial charge in [0.05, 0.1) is 6.04 Å². The molecular formula is C20H29N3OS. The molecule has 136 valence electrons. The first-order chi connectivity index (χ1) is 12.2. The van der Waals surface area contributed by atoms with Gasteiger partial charge in [-0.05, 0) is 37.4 Å². The molecule has 4 nitrogen and oxygen atoms in total. The van der Waals surface area contributed by atoms with E-state index in [1.807, 2.05) is 0 Å². The van der Waals surface area contributed by atoms with Crippen LogP contribution < -0.4 is 0 Å². The lowest BCUT2D eigenvalue weighted by Crippen LogP contribution is -2.54. The Bertz CT molecular complexity index is 609. The molecule has 0 saturated carbocycles. The maximum atomic E-state index is 13.1. The average molecular weight is 360 g/mol. The fourth-order valence-corrected chi connectivity index (χ4v) is 5.47. The molecule has 2 fully saturated rings. The van der Waals surface area contributed by atoms with E-state index < -0.39 is 0 Å². The lowest BCUT2D eigenvalue weighted by molar-refractivity contribution is -0.138. The van der Waals surface area contributed by atoms with Crippen molar-refractivity contribution in [2.45, 2.75) is 37.9 Å². The molecule has 2 saturated heterocycles. The minimum absolute atomic E-state index is 0.0119. The van der Waals surface area contributed by atoms with Crippen LogP contribution in [0, 0.1) is 0 Å². The first kappa shape index (κ1) is 17.4. The van der Waals surface area contributed by atoms with Gasteiger partial charge in [-0.25, -0.2) is 0 Å². The first-order valence-electron chi connectivity index (χ1n) is 9.60. The van der Waals surface area contributed by atoms with Crippen molar-refractivity contribution in [3.8, 4) is 0 Å². The van der Waals surface area contributed by atoms with Crippen molar-refractivity contribution < 1.29 is 4.79 Å². The highest BCUT2D eigenvalue weighted by atomic mass is 32.2. The predicted molar refractivity (Wildman–Crippen MR) is 104 cm³/mol. The van der Waals surface area contributed by atoms with Crippen LogP contribution in [0.1, 0.15) is 24.0 Å². The number of hydrogen-bond donors (Lipinski definition) is 0. The van der Waals surface area contributed by atoms with E-state index in [2.05, 4.69) is 57.8 Å². The summed E-state index contributed by atoms with van der Waals surface area (Å²) in [5.41, 5.74) is 2.72. The zero-order valence-corrected chi connectivity index (χ0v) is 16.0. The normalized spacial score (nSPS) is 26.4. The van der Waals surface area contributed by atoms with Gasteiger partial charge in [-0.1, -0.05) is 24.3 Å². The Labute approximate surface area is 155 Å². The number of nitrogens with zero attached hydrogens (tertiary/aromatic N) is 3. The van der Waals surface area contributed by atoms with Gasteiger partial charge in [-0.2, -0.15) is 11.8 Å². The molecule has 0 N–H and O–H groups in total. The molecule has 1 amide bonds. The van der Waals surface area contributed by atoms with Gasteiger partial charge in [0, 0.05) is 50.3 Å². The third kappa shape index (κ3) is 3.74. The predicted octanol–water partition coefficient (Wildman–Crippen LogP) is 2.08. The average Bonchev–Trinajstić information content (AvgIpc) is 2.68. The number of benzene rings is 1. The van der Waals surface area contributed by atoms with Crippen LogP contribution in [0.25, 0.3) is 0 Å². The lowest BCUT2D eigenvalue weighted by atomic mass is 9.93. The van der Waals surface area contributed by atoms with Crippen LogP contribution in [-0.4, -0.2) is 77.4 Å². The topological polar surface area (TPSA) is 26.8 Å². The number of hydrogen-bond acceptors (Lipinski definition) is 4. The standard InChI is InChI=1S/C20H29N3OS/c1-21-15-17-5-3-2-4-16(17)14-19(21)20(24)23-8-6-18(7-9-23)22-10-12-25-13-11-22/h2-5,18-19H,6-15H2,1H3/t19-/m1/s1. The van der Waals surface area contributed by atoms with E-state index in [0.29, 0.717) is 11.9 Å². The highest BCUT2D eigenvalue weighted by Gasteiger charge is 2.34. The molecule has 25 heavy (non-hydrogen) atoms. The van der Waals surface area contributed by atoms with Crippen LogP contribution in [0.2, 0.25) is 0 Å². The van der Waals surface area contributed by atoms with E-state index >= 15 is 0 Å². The fourth-order valence-electron chi connectivity index (χ4n) is 4.53. The molecule has 0 radical (unpaired) electrons. The number of piperidine rings is 1. The van der Waals surface area contributed by atoms with Gasteiger partial charge in [-0.3, -0.25) is 14.6 Å². The molecule has 3 aliphatic heterocycles. The molecule has 1 aromatic rings. The van der Waals surface area contributed by atoms with Crippen molar-refractivity contribution >= 4 is 17.7 Å². The Balaban J connectivity index is 1.36. The molecular weight excluding hydrogens is 330 g/mol. The van der Waals surface area contributed by atoms with Crippen LogP contribution in [0.3, 0.4) is 0 Å². The molecule has 0 aromatic heterocycles. The zero-order chi connectivity index (χ0) is 17.2. The van der Waals surface area contributed by atoms with Crippen LogP contribution in [-0.2, 0) is 17.8 Å². The summed E-state index contributed by atoms with van der Waals surface area (Å²) in [7, 11) is 2.09. The Morgan fingerprint density at radius 3 is 2.44 bits per heavy atom. The molecule has 3 aliphatic rings. The molecule has 0 bridgehead atoms. The summed E-state index contributed by atoms with van der Waals surface area (Å²) in [6, 6.07) is 9.26. The van der Waals surface area contributed by atoms with Gasteiger partial charge in [-0.15, -0.1) is 0 Å². The Morgan fingerprint density at radius 1 is 1.04 bits per heavy atom. The van der Waals surface area contributed by atoms with E-state index in [1.54, 1.807) is 0 Å². The molecule has 4 rings (SSSR count). The van der Waals surface area contributed by atoms with Gasteiger partial charge < -0.3 is 4.90 Å². The van der Waals surface area contributed by atoms with E-state index in [4.69, 9.17) is 0 Å². The second kappa shape index (κ2) is 7.68. The molecule has 3 heterocycles. The van der Waals surface area contributed by atoms with Gasteiger partial charge in [0.15, 0.2) is 0 Å². The Hall–Kier alpha value is -1.04. The summed E-state index contributed by atoms with van der Waals surface area (Å²) in [6.07, 6.45) is 3.14. The molecule has 1 atom stereocenters. The number of fused-ring (bicyclic) bond motifs is 1. The summed E-state index contributed by atoms with van der Waals surface area (Å²) >= 11 is 2.07. The number of carbonyl (C=O) groups is 1. The smallest absolute Gasteiger partial charge is 0.240 e. The number of amides is 1. The number of likely N-dealkylation sites (tertiary alicyclic amines) is 1. The monoisotopic (exact) mass is 359 g/mol. The highest BCUT2D eigenvalue weighted by Crippen LogP contribution is 2.25. The molecule has 0 aliphatic carbocycles. The molecule has 5 heteroatoms. The second-order valence-corrected chi connectivity index (χ2v) is 8.83. The van der Waals surface area contributed by atoms with Crippen molar-refractivity contribution in [1.29, 1.82) is 0 Å². The Morgan fingerprint density at radius 2 is 1.72 bits per heavy atom. The van der Waals surface area contributed by atoms with E-state index in [9.17, 15) is 4.79 Å². The summed E-state index contributed by atoms with van der Waals surface area (Å²) in [5, 5.41) is 0. The van der Waals surface area contributed by atoms with E-state index in [-0.39, 0.29) is 6.04 Å². The van der Waals surface area contributed by atoms with E-state index in [1.165, 1.54) is 35.7 Å². The molecule has 0 unspecified atom stereocenters. The largest absolute Gasteiger partial charge is 0.341 e. The van der Waals surface area contributed by atoms with Crippen molar-refractivity contribution in [3.05, 3.63) is 35.4 Å². The van der Waals surface area contributed by atoms with Crippen molar-refractivity contribution in [3.63, 3.8) is 0 Å². The summed E-state index contributed by atoms with van der Waals surface area (Å²) in [5.74, 6) is 2.88. The SMILES string of the molecule is CN1Cc2ccccc2C[C@@H]1C(=O)N1CCC(N2CCSCC2)CC1. The maximum Gasteiger partial charge on any atom is 0.240 e. The number of carbonyl (C=O) groups excluding carboxylic acids is 1. The van der Waals surface area contributed by atoms with Gasteiger partial charge >= 0.3 is 0 Å². The summed E-state index contributed by atoms with van der Waals surface area (Å²) < 4.78 is 0. The van der Waals surface area contributed by atoms with Gasteiger partial charge in [0.25, 0.3) is 0 Å². The van der Waals surface area contributed by atoms with Crippen LogP contribution in [0.5, 0.6) is 0 Å². The van der Waals surface area contributed by atoms with Crippen LogP contribution >= 0.6 is 11.8 Å². The number of likely N-dealkylation sites (N-methyl/N-ethyl adjacent to an activating group) is 1. The second-order valence-electron chi connectivity index (χ2n) is 7.61. The summed E-state index contributed by atoms with van der Waals surface area (Å²) in [6.45, 7) is 5.20. The minimum Gasteiger partial charge on any atom is -0.341 e. The quantitative estimate of drug-likeness (QED) is 0.808.